The van der Waals surface area contributed by atoms with Crippen LogP contribution in [0.2, 0.25) is 0 Å². The summed E-state index contributed by atoms with van der Waals surface area (Å²) in [5, 5.41) is 6.35. The number of benzene rings is 1. The van der Waals surface area contributed by atoms with Crippen LogP contribution in [-0.4, -0.2) is 43.2 Å². The maximum Gasteiger partial charge on any atom is 0.244 e. The molecule has 6 nitrogen and oxygen atoms in total. The van der Waals surface area contributed by atoms with Crippen molar-refractivity contribution in [3.63, 3.8) is 0 Å². The Labute approximate surface area is 130 Å². The van der Waals surface area contributed by atoms with Crippen LogP contribution in [0, 0.1) is 0 Å². The molecule has 1 aromatic heterocycles. The average Bonchev–Trinajstić information content (AvgIpc) is 3.05. The number of thioether (sulfide) groups is 1. The molecule has 0 spiro atoms. The standard InChI is InChI=1S/C12H13N3O3S3/c1-21(17,18)7-2-3-8-10(4-7)20-12(14-8)15-11(16)9-5-19-6-13-9/h2-4,9,13H,5-6H2,1H3,(H,14,15,16). The van der Waals surface area contributed by atoms with E-state index < -0.39 is 9.84 Å². The topological polar surface area (TPSA) is 88.2 Å². The fraction of sp³-hybridized carbons (Fsp3) is 0.333. The highest BCUT2D eigenvalue weighted by Gasteiger charge is 2.23. The molecular formula is C12H13N3O3S3. The molecule has 3 rings (SSSR count). The molecule has 1 fully saturated rings. The molecule has 112 valence electrons. The predicted molar refractivity (Wildman–Crippen MR) is 85.6 cm³/mol. The number of carbonyl (C=O) groups excluding carboxylic acids is 1. The van der Waals surface area contributed by atoms with Crippen LogP contribution in [0.5, 0.6) is 0 Å². The Morgan fingerprint density at radius 2 is 2.29 bits per heavy atom. The summed E-state index contributed by atoms with van der Waals surface area (Å²) in [6.45, 7) is 0. The first-order valence-electron chi connectivity index (χ1n) is 6.16. The Morgan fingerprint density at radius 3 is 2.95 bits per heavy atom. The van der Waals surface area contributed by atoms with Gasteiger partial charge in [0, 0.05) is 17.9 Å². The highest BCUT2D eigenvalue weighted by molar-refractivity contribution is 7.99. The van der Waals surface area contributed by atoms with Gasteiger partial charge in [-0.15, -0.1) is 11.8 Å². The number of anilines is 1. The van der Waals surface area contributed by atoms with Crippen LogP contribution < -0.4 is 10.6 Å². The van der Waals surface area contributed by atoms with Gasteiger partial charge < -0.3 is 5.32 Å². The molecular weight excluding hydrogens is 330 g/mol. The van der Waals surface area contributed by atoms with Crippen LogP contribution in [0.3, 0.4) is 0 Å². The van der Waals surface area contributed by atoms with Crippen molar-refractivity contribution in [2.75, 3.05) is 23.2 Å². The van der Waals surface area contributed by atoms with Crippen molar-refractivity contribution in [2.24, 2.45) is 0 Å². The molecule has 1 unspecified atom stereocenters. The molecule has 9 heteroatoms. The number of fused-ring (bicyclic) bond motifs is 1. The second-order valence-corrected chi connectivity index (χ2v) is 8.76. The molecule has 0 radical (unpaired) electrons. The van der Waals surface area contributed by atoms with Gasteiger partial charge >= 0.3 is 0 Å². The lowest BCUT2D eigenvalue weighted by molar-refractivity contribution is -0.117. The summed E-state index contributed by atoms with van der Waals surface area (Å²) in [6.07, 6.45) is 1.17. The minimum absolute atomic E-state index is 0.109. The van der Waals surface area contributed by atoms with Gasteiger partial charge in [0.25, 0.3) is 0 Å². The van der Waals surface area contributed by atoms with E-state index in [9.17, 15) is 13.2 Å². The van der Waals surface area contributed by atoms with E-state index in [0.29, 0.717) is 10.6 Å². The van der Waals surface area contributed by atoms with Crippen LogP contribution in [0.1, 0.15) is 0 Å². The molecule has 2 N–H and O–H groups in total. The van der Waals surface area contributed by atoms with Crippen molar-refractivity contribution < 1.29 is 13.2 Å². The monoisotopic (exact) mass is 343 g/mol. The lowest BCUT2D eigenvalue weighted by Crippen LogP contribution is -2.37. The number of hydrogen-bond acceptors (Lipinski definition) is 7. The van der Waals surface area contributed by atoms with Crippen molar-refractivity contribution in [1.29, 1.82) is 0 Å². The predicted octanol–water partition coefficient (Wildman–Crippen LogP) is 1.30. The number of carbonyl (C=O) groups is 1. The van der Waals surface area contributed by atoms with E-state index in [1.165, 1.54) is 23.7 Å². The summed E-state index contributed by atoms with van der Waals surface area (Å²) < 4.78 is 23.8. The van der Waals surface area contributed by atoms with Crippen LogP contribution in [0.25, 0.3) is 10.2 Å². The largest absolute Gasteiger partial charge is 0.301 e. The number of aromatic nitrogens is 1. The van der Waals surface area contributed by atoms with Gasteiger partial charge in [-0.25, -0.2) is 13.4 Å². The van der Waals surface area contributed by atoms with Gasteiger partial charge in [-0.05, 0) is 18.2 Å². The summed E-state index contributed by atoms with van der Waals surface area (Å²) in [7, 11) is -3.24. The van der Waals surface area contributed by atoms with Gasteiger partial charge in [-0.3, -0.25) is 10.1 Å². The molecule has 2 aromatic rings. The Hall–Kier alpha value is -1.16. The maximum atomic E-state index is 12.0. The quantitative estimate of drug-likeness (QED) is 0.873. The molecule has 2 heterocycles. The SMILES string of the molecule is CS(=O)(=O)c1ccc2nc(NC(=O)C3CSCN3)sc2c1. The molecule has 21 heavy (non-hydrogen) atoms. The highest BCUT2D eigenvalue weighted by Crippen LogP contribution is 2.28. The van der Waals surface area contributed by atoms with Crippen molar-refractivity contribution in [3.8, 4) is 0 Å². The number of nitrogens with one attached hydrogen (secondary N) is 2. The zero-order valence-corrected chi connectivity index (χ0v) is 13.6. The third kappa shape index (κ3) is 3.20. The number of hydrogen-bond donors (Lipinski definition) is 2. The summed E-state index contributed by atoms with van der Waals surface area (Å²) in [5.74, 6) is 1.41. The fourth-order valence-corrected chi connectivity index (χ4v) is 4.52. The molecule has 1 amide bonds. The zero-order chi connectivity index (χ0) is 15.0. The Bertz CT molecular complexity index is 794. The lowest BCUT2D eigenvalue weighted by Gasteiger charge is -2.07. The normalized spacial score (nSPS) is 19.0. The van der Waals surface area contributed by atoms with Gasteiger partial charge in [0.05, 0.1) is 21.2 Å². The van der Waals surface area contributed by atoms with E-state index in [1.54, 1.807) is 23.9 Å². The number of nitrogens with zero attached hydrogens (tertiary/aromatic N) is 1. The van der Waals surface area contributed by atoms with Crippen LogP contribution in [0.15, 0.2) is 23.1 Å². The first kappa shape index (κ1) is 14.8. The maximum absolute atomic E-state index is 12.0. The molecule has 1 aliphatic rings. The number of rotatable bonds is 3. The van der Waals surface area contributed by atoms with Crippen LogP contribution >= 0.6 is 23.1 Å². The van der Waals surface area contributed by atoms with Gasteiger partial charge in [0.15, 0.2) is 15.0 Å². The fourth-order valence-electron chi connectivity index (χ4n) is 1.95. The Balaban J connectivity index is 1.85. The van der Waals surface area contributed by atoms with E-state index in [4.69, 9.17) is 0 Å². The average molecular weight is 343 g/mol. The van der Waals surface area contributed by atoms with Gasteiger partial charge in [0.2, 0.25) is 5.91 Å². The van der Waals surface area contributed by atoms with Gasteiger partial charge in [-0.2, -0.15) is 0 Å². The first-order valence-corrected chi connectivity index (χ1v) is 10.0. The first-order chi connectivity index (χ1) is 9.93. The summed E-state index contributed by atoms with van der Waals surface area (Å²) in [6, 6.07) is 4.56. The smallest absolute Gasteiger partial charge is 0.244 e. The van der Waals surface area contributed by atoms with E-state index in [-0.39, 0.29) is 16.8 Å². The minimum Gasteiger partial charge on any atom is -0.301 e. The minimum atomic E-state index is -3.24. The molecule has 0 bridgehead atoms. The van der Waals surface area contributed by atoms with Gasteiger partial charge in [0.1, 0.15) is 0 Å². The van der Waals surface area contributed by atoms with Crippen LogP contribution in [0.4, 0.5) is 5.13 Å². The summed E-state index contributed by atoms with van der Waals surface area (Å²) in [5.41, 5.74) is 0.677. The Kier molecular flexibility index (Phi) is 3.91. The van der Waals surface area contributed by atoms with Crippen LogP contribution in [-0.2, 0) is 14.6 Å². The number of sulfone groups is 1. The molecule has 1 aromatic carbocycles. The third-order valence-electron chi connectivity index (χ3n) is 3.05. The van der Waals surface area contributed by atoms with E-state index in [1.807, 2.05) is 0 Å². The second kappa shape index (κ2) is 5.56. The summed E-state index contributed by atoms with van der Waals surface area (Å²) in [4.78, 5) is 16.6. The molecule has 0 aliphatic carbocycles. The molecule has 1 saturated heterocycles. The number of thiazole rings is 1. The van der Waals surface area contributed by atoms with Crippen molar-refractivity contribution in [1.82, 2.24) is 10.3 Å². The molecule has 0 saturated carbocycles. The highest BCUT2D eigenvalue weighted by atomic mass is 32.2. The van der Waals surface area contributed by atoms with Gasteiger partial charge in [-0.1, -0.05) is 11.3 Å². The van der Waals surface area contributed by atoms with E-state index in [0.717, 1.165) is 16.3 Å². The molecule has 1 atom stereocenters. The second-order valence-electron chi connectivity index (χ2n) is 4.68. The lowest BCUT2D eigenvalue weighted by atomic mass is 10.3. The molecule has 1 aliphatic heterocycles. The third-order valence-corrected chi connectivity index (χ3v) is 6.03. The van der Waals surface area contributed by atoms with Crippen molar-refractivity contribution in [3.05, 3.63) is 18.2 Å². The zero-order valence-electron chi connectivity index (χ0n) is 11.1. The van der Waals surface area contributed by atoms with Crippen molar-refractivity contribution in [2.45, 2.75) is 10.9 Å². The van der Waals surface area contributed by atoms with Crippen molar-refractivity contribution >= 4 is 54.2 Å². The number of amides is 1. The van der Waals surface area contributed by atoms with E-state index >= 15 is 0 Å². The Morgan fingerprint density at radius 1 is 1.48 bits per heavy atom. The van der Waals surface area contributed by atoms with E-state index in [2.05, 4.69) is 15.6 Å². The summed E-state index contributed by atoms with van der Waals surface area (Å²) >= 11 is 2.95.